The van der Waals surface area contributed by atoms with Gasteiger partial charge < -0.3 is 0 Å². The van der Waals surface area contributed by atoms with Gasteiger partial charge in [0.25, 0.3) is 0 Å². The third-order valence-corrected chi connectivity index (χ3v) is 3.21. The summed E-state index contributed by atoms with van der Waals surface area (Å²) in [4.78, 5) is 0. The van der Waals surface area contributed by atoms with Crippen LogP contribution in [0.4, 0.5) is 0 Å². The van der Waals surface area contributed by atoms with Gasteiger partial charge in [0.05, 0.1) is 0 Å². The summed E-state index contributed by atoms with van der Waals surface area (Å²) in [5.41, 5.74) is 1.48. The summed E-state index contributed by atoms with van der Waals surface area (Å²) in [5, 5.41) is 5.13. The van der Waals surface area contributed by atoms with Crippen LogP contribution in [0.1, 0.15) is 12.5 Å². The van der Waals surface area contributed by atoms with Crippen LogP contribution in [0.25, 0.3) is 0 Å². The van der Waals surface area contributed by atoms with E-state index in [1.165, 1.54) is 12.0 Å². The van der Waals surface area contributed by atoms with Gasteiger partial charge in [-0.15, -0.1) is 0 Å². The molecule has 1 atom stereocenters. The molecule has 0 aromatic carbocycles. The third-order valence-electron chi connectivity index (χ3n) is 1.51. The van der Waals surface area contributed by atoms with Gasteiger partial charge in [-0.25, -0.2) is 0 Å². The molecule has 0 N–H and O–H groups in total. The molecule has 0 aliphatic heterocycles. The molecular formula is C8H12S2. The maximum Gasteiger partial charge on any atom is 0.00566 e. The standard InChI is InChI=1S/C8H12S2/c1-7(9-2)5-8-3-4-10-6-8/h3-4,6-7H,5H2,1-2H3. The molecule has 1 aromatic heterocycles. The lowest BCUT2D eigenvalue weighted by Crippen LogP contribution is -1.98. The van der Waals surface area contributed by atoms with Crippen molar-refractivity contribution in [2.24, 2.45) is 0 Å². The lowest BCUT2D eigenvalue weighted by Gasteiger charge is -2.04. The van der Waals surface area contributed by atoms with Crippen molar-refractivity contribution in [2.45, 2.75) is 18.6 Å². The van der Waals surface area contributed by atoms with Crippen LogP contribution in [-0.4, -0.2) is 11.5 Å². The van der Waals surface area contributed by atoms with E-state index in [-0.39, 0.29) is 0 Å². The smallest absolute Gasteiger partial charge is 0.00566 e. The SMILES string of the molecule is CSC(C)Cc1ccsc1. The molecule has 1 rings (SSSR count). The lowest BCUT2D eigenvalue weighted by molar-refractivity contribution is 0.951. The summed E-state index contributed by atoms with van der Waals surface area (Å²) < 4.78 is 0. The highest BCUT2D eigenvalue weighted by atomic mass is 32.2. The van der Waals surface area contributed by atoms with Gasteiger partial charge in [-0.05, 0) is 35.1 Å². The van der Waals surface area contributed by atoms with E-state index in [4.69, 9.17) is 0 Å². The van der Waals surface area contributed by atoms with E-state index >= 15 is 0 Å². The molecule has 0 fully saturated rings. The molecule has 0 aliphatic carbocycles. The number of rotatable bonds is 3. The van der Waals surface area contributed by atoms with Crippen molar-refractivity contribution in [1.82, 2.24) is 0 Å². The Hall–Kier alpha value is 0.0500. The largest absolute Gasteiger partial charge is 0.162 e. The minimum Gasteiger partial charge on any atom is -0.162 e. The minimum atomic E-state index is 0.759. The van der Waals surface area contributed by atoms with Crippen LogP contribution < -0.4 is 0 Å². The van der Waals surface area contributed by atoms with Crippen molar-refractivity contribution in [3.8, 4) is 0 Å². The van der Waals surface area contributed by atoms with Gasteiger partial charge in [0.2, 0.25) is 0 Å². The Balaban J connectivity index is 2.40. The summed E-state index contributed by atoms with van der Waals surface area (Å²) in [7, 11) is 0. The first-order chi connectivity index (χ1) is 4.83. The van der Waals surface area contributed by atoms with Crippen molar-refractivity contribution in [3.63, 3.8) is 0 Å². The molecule has 0 aliphatic rings. The highest BCUT2D eigenvalue weighted by molar-refractivity contribution is 7.99. The fourth-order valence-electron chi connectivity index (χ4n) is 0.824. The molecule has 0 amide bonds. The molecule has 56 valence electrons. The van der Waals surface area contributed by atoms with E-state index in [2.05, 4.69) is 30.0 Å². The second kappa shape index (κ2) is 4.04. The van der Waals surface area contributed by atoms with E-state index in [0.717, 1.165) is 5.25 Å². The molecule has 0 spiro atoms. The van der Waals surface area contributed by atoms with Gasteiger partial charge in [0, 0.05) is 5.25 Å². The fourth-order valence-corrected chi connectivity index (χ4v) is 1.86. The molecule has 0 saturated carbocycles. The molecule has 0 bridgehead atoms. The van der Waals surface area contributed by atoms with Crippen molar-refractivity contribution in [2.75, 3.05) is 6.26 Å². The van der Waals surface area contributed by atoms with Crippen LogP contribution in [0.2, 0.25) is 0 Å². The fraction of sp³-hybridized carbons (Fsp3) is 0.500. The first-order valence-corrected chi connectivity index (χ1v) is 5.60. The second-order valence-electron chi connectivity index (χ2n) is 2.38. The van der Waals surface area contributed by atoms with Crippen LogP contribution in [-0.2, 0) is 6.42 Å². The van der Waals surface area contributed by atoms with Crippen molar-refractivity contribution < 1.29 is 0 Å². The summed E-state index contributed by atoms with van der Waals surface area (Å²) in [6, 6.07) is 2.21. The van der Waals surface area contributed by atoms with Gasteiger partial charge in [-0.2, -0.15) is 23.1 Å². The zero-order valence-corrected chi connectivity index (χ0v) is 7.97. The van der Waals surface area contributed by atoms with Crippen LogP contribution in [0, 0.1) is 0 Å². The lowest BCUT2D eigenvalue weighted by atomic mass is 10.2. The normalized spacial score (nSPS) is 13.4. The Morgan fingerprint density at radius 3 is 3.00 bits per heavy atom. The average molecular weight is 172 g/mol. The van der Waals surface area contributed by atoms with Crippen molar-refractivity contribution >= 4 is 23.1 Å². The molecule has 0 nitrogen and oxygen atoms in total. The van der Waals surface area contributed by atoms with E-state index in [9.17, 15) is 0 Å². The predicted molar refractivity (Wildman–Crippen MR) is 51.0 cm³/mol. The zero-order chi connectivity index (χ0) is 7.40. The Kier molecular flexibility index (Phi) is 3.29. The second-order valence-corrected chi connectivity index (χ2v) is 4.44. The average Bonchev–Trinajstić information content (AvgIpc) is 2.40. The Morgan fingerprint density at radius 2 is 2.50 bits per heavy atom. The summed E-state index contributed by atoms with van der Waals surface area (Å²) in [6.45, 7) is 2.27. The Labute approximate surface area is 70.7 Å². The van der Waals surface area contributed by atoms with Gasteiger partial charge in [0.1, 0.15) is 0 Å². The van der Waals surface area contributed by atoms with Crippen molar-refractivity contribution in [1.29, 1.82) is 0 Å². The van der Waals surface area contributed by atoms with E-state index in [1.54, 1.807) is 11.3 Å². The third kappa shape index (κ3) is 2.35. The first-order valence-electron chi connectivity index (χ1n) is 3.37. The quantitative estimate of drug-likeness (QED) is 0.675. The summed E-state index contributed by atoms with van der Waals surface area (Å²) in [5.74, 6) is 0. The van der Waals surface area contributed by atoms with Crippen LogP contribution in [0.3, 0.4) is 0 Å². The molecule has 1 heterocycles. The van der Waals surface area contributed by atoms with Gasteiger partial charge >= 0.3 is 0 Å². The topological polar surface area (TPSA) is 0 Å². The number of hydrogen-bond donors (Lipinski definition) is 0. The van der Waals surface area contributed by atoms with Crippen LogP contribution in [0.5, 0.6) is 0 Å². The monoisotopic (exact) mass is 172 g/mol. The van der Waals surface area contributed by atoms with E-state index in [0.29, 0.717) is 0 Å². The van der Waals surface area contributed by atoms with E-state index < -0.39 is 0 Å². The number of thioether (sulfide) groups is 1. The first kappa shape index (κ1) is 8.15. The summed E-state index contributed by atoms with van der Waals surface area (Å²) >= 11 is 3.71. The Bertz CT molecular complexity index is 167. The maximum atomic E-state index is 2.27. The summed E-state index contributed by atoms with van der Waals surface area (Å²) in [6.07, 6.45) is 3.38. The predicted octanol–water partition coefficient (Wildman–Crippen LogP) is 3.04. The van der Waals surface area contributed by atoms with Gasteiger partial charge in [-0.1, -0.05) is 6.92 Å². The van der Waals surface area contributed by atoms with Crippen molar-refractivity contribution in [3.05, 3.63) is 22.4 Å². The Morgan fingerprint density at radius 1 is 1.70 bits per heavy atom. The molecule has 10 heavy (non-hydrogen) atoms. The molecular weight excluding hydrogens is 160 g/mol. The van der Waals surface area contributed by atoms with Gasteiger partial charge in [-0.3, -0.25) is 0 Å². The zero-order valence-electron chi connectivity index (χ0n) is 6.33. The van der Waals surface area contributed by atoms with Crippen LogP contribution in [0.15, 0.2) is 16.8 Å². The molecule has 2 heteroatoms. The highest BCUT2D eigenvalue weighted by Crippen LogP contribution is 2.14. The number of hydrogen-bond acceptors (Lipinski definition) is 2. The minimum absolute atomic E-state index is 0.759. The maximum absolute atomic E-state index is 2.27. The van der Waals surface area contributed by atoms with E-state index in [1.807, 2.05) is 11.8 Å². The molecule has 0 saturated heterocycles. The highest BCUT2D eigenvalue weighted by Gasteiger charge is 2.00. The molecule has 1 unspecified atom stereocenters. The molecule has 0 radical (unpaired) electrons. The molecule has 1 aromatic rings. The number of thiophene rings is 1. The van der Waals surface area contributed by atoms with Crippen LogP contribution >= 0.6 is 23.1 Å². The van der Waals surface area contributed by atoms with Gasteiger partial charge in [0.15, 0.2) is 0 Å².